The number of hydrogen-bond acceptors (Lipinski definition) is 6. The van der Waals surface area contributed by atoms with E-state index in [1.54, 1.807) is 24.3 Å². The van der Waals surface area contributed by atoms with Crippen LogP contribution in [0.5, 0.6) is 0 Å². The molecule has 4 N–H and O–H groups in total. The number of piperazine rings is 1. The van der Waals surface area contributed by atoms with Crippen LogP contribution in [0.15, 0.2) is 42.5 Å². The molecule has 0 radical (unpaired) electrons. The summed E-state index contributed by atoms with van der Waals surface area (Å²) in [5.41, 5.74) is 3.46. The second-order valence-electron chi connectivity index (χ2n) is 8.29. The number of nitrogens with one attached hydrogen (secondary N) is 2. The number of carbonyl (C=O) groups is 4. The lowest BCUT2D eigenvalue weighted by Crippen LogP contribution is -2.43. The first-order valence-electron chi connectivity index (χ1n) is 11.3. The Morgan fingerprint density at radius 2 is 1.70 bits per heavy atom. The maximum atomic E-state index is 12.8. The average Bonchev–Trinajstić information content (AvgIpc) is 3.18. The molecule has 2 aliphatic rings. The standard InChI is InChI=1S/C22H24N4O4.C2HF3O2/c27-20(28)6-9-26-14-16-4-5-17(13-19(16)22(26)30)24-21(29)15-2-1-3-18(12-15)25-10-7-23-8-11-25;3-2(4,5)1(6)7/h1-5,12-13,23H,6-11,14H2,(H,24,29)(H,27,28);(H,6,7). The summed E-state index contributed by atoms with van der Waals surface area (Å²) in [5, 5.41) is 22.1. The summed E-state index contributed by atoms with van der Waals surface area (Å²) >= 11 is 0. The molecule has 0 bridgehead atoms. The fraction of sp³-hybridized carbons (Fsp3) is 0.333. The number of carbonyl (C=O) groups excluding carboxylic acids is 2. The molecule has 0 aromatic heterocycles. The van der Waals surface area contributed by atoms with E-state index in [0.717, 1.165) is 37.4 Å². The zero-order chi connectivity index (χ0) is 27.2. The summed E-state index contributed by atoms with van der Waals surface area (Å²) in [7, 11) is 0. The summed E-state index contributed by atoms with van der Waals surface area (Å²) in [4.78, 5) is 48.7. The largest absolute Gasteiger partial charge is 0.490 e. The Morgan fingerprint density at radius 3 is 2.32 bits per heavy atom. The third-order valence-electron chi connectivity index (χ3n) is 5.68. The van der Waals surface area contributed by atoms with E-state index in [4.69, 9.17) is 15.0 Å². The van der Waals surface area contributed by atoms with Crippen molar-refractivity contribution in [3.05, 3.63) is 59.2 Å². The third kappa shape index (κ3) is 7.43. The van der Waals surface area contributed by atoms with Gasteiger partial charge in [0.05, 0.1) is 6.42 Å². The van der Waals surface area contributed by atoms with Gasteiger partial charge >= 0.3 is 18.1 Å². The molecule has 2 aliphatic heterocycles. The minimum atomic E-state index is -5.08. The summed E-state index contributed by atoms with van der Waals surface area (Å²) < 4.78 is 31.7. The lowest BCUT2D eigenvalue weighted by atomic mass is 10.1. The van der Waals surface area contributed by atoms with Crippen molar-refractivity contribution in [1.29, 1.82) is 0 Å². The van der Waals surface area contributed by atoms with Gasteiger partial charge in [0.15, 0.2) is 0 Å². The predicted octanol–water partition coefficient (Wildman–Crippen LogP) is 2.41. The maximum absolute atomic E-state index is 12.8. The number of hydrogen-bond donors (Lipinski definition) is 4. The van der Waals surface area contributed by atoms with Gasteiger partial charge in [-0.25, -0.2) is 4.79 Å². The van der Waals surface area contributed by atoms with Crippen molar-refractivity contribution < 1.29 is 42.6 Å². The topological polar surface area (TPSA) is 139 Å². The van der Waals surface area contributed by atoms with Crippen LogP contribution < -0.4 is 15.5 Å². The number of nitrogens with zero attached hydrogens (tertiary/aromatic N) is 2. The van der Waals surface area contributed by atoms with Gasteiger partial charge in [0.1, 0.15) is 0 Å². The van der Waals surface area contributed by atoms with Crippen molar-refractivity contribution >= 4 is 35.1 Å². The van der Waals surface area contributed by atoms with Gasteiger partial charge < -0.3 is 30.6 Å². The number of anilines is 2. The van der Waals surface area contributed by atoms with Gasteiger partial charge in [-0.15, -0.1) is 0 Å². The highest BCUT2D eigenvalue weighted by molar-refractivity contribution is 6.06. The summed E-state index contributed by atoms with van der Waals surface area (Å²) in [6.07, 6.45) is -5.17. The van der Waals surface area contributed by atoms with Crippen molar-refractivity contribution in [2.75, 3.05) is 42.9 Å². The highest BCUT2D eigenvalue weighted by atomic mass is 19.4. The first kappa shape index (κ1) is 27.5. The molecule has 1 saturated heterocycles. The SMILES string of the molecule is O=C(O)C(F)(F)F.O=C(O)CCN1Cc2ccc(NC(=O)c3cccc(N4CCNCC4)c3)cc2C1=O. The average molecular weight is 522 g/mol. The van der Waals surface area contributed by atoms with Crippen LogP contribution in [0, 0.1) is 0 Å². The van der Waals surface area contributed by atoms with Crippen LogP contribution in [0.3, 0.4) is 0 Å². The molecule has 4 rings (SSSR count). The Balaban J connectivity index is 0.000000479. The van der Waals surface area contributed by atoms with Gasteiger partial charge in [-0.05, 0) is 35.9 Å². The number of aliphatic carboxylic acids is 2. The van der Waals surface area contributed by atoms with E-state index in [0.29, 0.717) is 23.4 Å². The van der Waals surface area contributed by atoms with Gasteiger partial charge in [-0.2, -0.15) is 13.2 Å². The van der Waals surface area contributed by atoms with Gasteiger partial charge in [0.25, 0.3) is 11.8 Å². The van der Waals surface area contributed by atoms with Crippen molar-refractivity contribution in [3.63, 3.8) is 0 Å². The molecule has 1 fully saturated rings. The van der Waals surface area contributed by atoms with Gasteiger partial charge in [0, 0.05) is 61.8 Å². The first-order valence-corrected chi connectivity index (χ1v) is 11.3. The first-order chi connectivity index (χ1) is 17.5. The van der Waals surface area contributed by atoms with Crippen molar-refractivity contribution in [2.45, 2.75) is 19.1 Å². The number of fused-ring (bicyclic) bond motifs is 1. The predicted molar refractivity (Wildman–Crippen MR) is 127 cm³/mol. The molecule has 0 aliphatic carbocycles. The molecule has 0 spiro atoms. The number of rotatable bonds is 6. The molecule has 2 aromatic rings. The van der Waals surface area contributed by atoms with Crippen LogP contribution >= 0.6 is 0 Å². The smallest absolute Gasteiger partial charge is 0.481 e. The lowest BCUT2D eigenvalue weighted by molar-refractivity contribution is -0.192. The molecule has 2 amide bonds. The highest BCUT2D eigenvalue weighted by Crippen LogP contribution is 2.26. The van der Waals surface area contributed by atoms with Crippen LogP contribution in [0.4, 0.5) is 24.5 Å². The Labute approximate surface area is 209 Å². The van der Waals surface area contributed by atoms with E-state index in [9.17, 15) is 27.6 Å². The molecule has 0 unspecified atom stereocenters. The minimum absolute atomic E-state index is 0.0905. The van der Waals surface area contributed by atoms with Gasteiger partial charge in [-0.3, -0.25) is 14.4 Å². The number of alkyl halides is 3. The zero-order valence-corrected chi connectivity index (χ0v) is 19.5. The van der Waals surface area contributed by atoms with Crippen LogP contribution in [0.25, 0.3) is 0 Å². The monoisotopic (exact) mass is 522 g/mol. The normalized spacial score (nSPS) is 14.9. The molecule has 10 nitrogen and oxygen atoms in total. The van der Waals surface area contributed by atoms with Crippen LogP contribution in [0.2, 0.25) is 0 Å². The summed E-state index contributed by atoms with van der Waals surface area (Å²) in [6.45, 7) is 4.20. The molecular weight excluding hydrogens is 497 g/mol. The second-order valence-corrected chi connectivity index (χ2v) is 8.29. The number of benzene rings is 2. The second kappa shape index (κ2) is 11.7. The van der Waals surface area contributed by atoms with Crippen LogP contribution in [-0.4, -0.2) is 77.8 Å². The Bertz CT molecular complexity index is 1180. The molecule has 37 heavy (non-hydrogen) atoms. The van der Waals surface area contributed by atoms with Gasteiger partial charge in [-0.1, -0.05) is 12.1 Å². The number of amides is 2. The van der Waals surface area contributed by atoms with Crippen molar-refractivity contribution in [3.8, 4) is 0 Å². The quantitative estimate of drug-likeness (QED) is 0.454. The van der Waals surface area contributed by atoms with Crippen LogP contribution in [0.1, 0.15) is 32.7 Å². The van der Waals surface area contributed by atoms with E-state index in [2.05, 4.69) is 15.5 Å². The van der Waals surface area contributed by atoms with E-state index in [1.165, 1.54) is 4.90 Å². The summed E-state index contributed by atoms with van der Waals surface area (Å²) in [5.74, 6) is -4.13. The van der Waals surface area contributed by atoms with E-state index in [-0.39, 0.29) is 24.8 Å². The lowest BCUT2D eigenvalue weighted by Gasteiger charge is -2.29. The third-order valence-corrected chi connectivity index (χ3v) is 5.68. The molecule has 13 heteroatoms. The van der Waals surface area contributed by atoms with E-state index < -0.39 is 18.1 Å². The Morgan fingerprint density at radius 1 is 1.03 bits per heavy atom. The fourth-order valence-corrected chi connectivity index (χ4v) is 3.82. The number of carboxylic acids is 2. The maximum Gasteiger partial charge on any atom is 0.490 e. The van der Waals surface area contributed by atoms with E-state index >= 15 is 0 Å². The molecule has 0 atom stereocenters. The number of halogens is 3. The Hall–Kier alpha value is -4.13. The minimum Gasteiger partial charge on any atom is -0.481 e. The van der Waals surface area contributed by atoms with E-state index in [1.807, 2.05) is 18.2 Å². The fourth-order valence-electron chi connectivity index (χ4n) is 3.82. The molecule has 0 saturated carbocycles. The molecule has 2 heterocycles. The summed E-state index contributed by atoms with van der Waals surface area (Å²) in [6, 6.07) is 12.8. The number of carboxylic acid groups (broad SMARTS) is 2. The van der Waals surface area contributed by atoms with Gasteiger partial charge in [0.2, 0.25) is 0 Å². The van der Waals surface area contributed by atoms with Crippen LogP contribution in [-0.2, 0) is 16.1 Å². The highest BCUT2D eigenvalue weighted by Gasteiger charge is 2.38. The zero-order valence-electron chi connectivity index (χ0n) is 19.5. The molecular formula is C24H25F3N4O6. The Kier molecular flexibility index (Phi) is 8.71. The van der Waals surface area contributed by atoms with Crippen molar-refractivity contribution in [2.24, 2.45) is 0 Å². The molecule has 2 aromatic carbocycles. The van der Waals surface area contributed by atoms with Crippen molar-refractivity contribution in [1.82, 2.24) is 10.2 Å². The molecule has 198 valence electrons.